The van der Waals surface area contributed by atoms with E-state index >= 15 is 0 Å². The molecule has 96 valence electrons. The van der Waals surface area contributed by atoms with Crippen LogP contribution >= 0.6 is 15.9 Å². The second kappa shape index (κ2) is 5.05. The molecule has 3 aromatic rings. The molecule has 0 saturated carbocycles. The molecule has 19 heavy (non-hydrogen) atoms. The van der Waals surface area contributed by atoms with Gasteiger partial charge in [0.15, 0.2) is 0 Å². The molecular weight excluding hydrogens is 304 g/mol. The van der Waals surface area contributed by atoms with Gasteiger partial charge in [-0.05, 0) is 47.1 Å². The predicted octanol–water partition coefficient (Wildman–Crippen LogP) is 3.98. The number of nitrogens with zero attached hydrogens (tertiary/aromatic N) is 2. The quantitative estimate of drug-likeness (QED) is 0.683. The fraction of sp³-hybridized carbons (Fsp3) is 0.133. The first-order valence-electron chi connectivity index (χ1n) is 6.04. The minimum absolute atomic E-state index is 0.493. The number of fused-ring (bicyclic) bond motifs is 1. The molecule has 0 atom stereocenters. The Morgan fingerprint density at radius 2 is 1.95 bits per heavy atom. The van der Waals surface area contributed by atoms with Crippen LogP contribution in [0.25, 0.3) is 5.65 Å². The number of ether oxygens (including phenoxy) is 1. The number of pyridine rings is 1. The lowest BCUT2D eigenvalue weighted by molar-refractivity contribution is 0.300. The highest BCUT2D eigenvalue weighted by Gasteiger charge is 2.06. The molecule has 0 aliphatic carbocycles. The van der Waals surface area contributed by atoms with Crippen LogP contribution in [0.2, 0.25) is 0 Å². The number of hydrogen-bond acceptors (Lipinski definition) is 2. The highest BCUT2D eigenvalue weighted by Crippen LogP contribution is 2.18. The van der Waals surface area contributed by atoms with Gasteiger partial charge in [-0.3, -0.25) is 4.40 Å². The lowest BCUT2D eigenvalue weighted by Crippen LogP contribution is -2.00. The van der Waals surface area contributed by atoms with Crippen LogP contribution in [-0.2, 0) is 6.61 Å². The normalized spacial score (nSPS) is 10.8. The van der Waals surface area contributed by atoms with Crippen LogP contribution < -0.4 is 4.74 Å². The summed E-state index contributed by atoms with van der Waals surface area (Å²) in [7, 11) is 0. The van der Waals surface area contributed by atoms with E-state index in [1.807, 2.05) is 53.1 Å². The molecule has 3 rings (SSSR count). The molecule has 3 nitrogen and oxygen atoms in total. The average molecular weight is 317 g/mol. The molecule has 1 aromatic carbocycles. The zero-order valence-electron chi connectivity index (χ0n) is 10.5. The van der Waals surface area contributed by atoms with Gasteiger partial charge in [-0.1, -0.05) is 23.8 Å². The molecule has 0 spiro atoms. The third-order valence-electron chi connectivity index (χ3n) is 2.96. The molecule has 2 heterocycles. The van der Waals surface area contributed by atoms with E-state index in [1.54, 1.807) is 0 Å². The summed E-state index contributed by atoms with van der Waals surface area (Å²) in [6.07, 6.45) is 1.84. The van der Waals surface area contributed by atoms with Gasteiger partial charge in [0, 0.05) is 0 Å². The molecule has 0 saturated heterocycles. The summed E-state index contributed by atoms with van der Waals surface area (Å²) in [6.45, 7) is 2.55. The van der Waals surface area contributed by atoms with Crippen LogP contribution in [0.15, 0.2) is 53.3 Å². The molecule has 0 unspecified atom stereocenters. The summed E-state index contributed by atoms with van der Waals surface area (Å²) in [5.41, 5.74) is 3.16. The van der Waals surface area contributed by atoms with Gasteiger partial charge in [-0.25, -0.2) is 4.98 Å². The van der Waals surface area contributed by atoms with Crippen molar-refractivity contribution in [3.63, 3.8) is 0 Å². The maximum atomic E-state index is 5.79. The van der Waals surface area contributed by atoms with Crippen molar-refractivity contribution in [2.45, 2.75) is 13.5 Å². The molecular formula is C15H13BrN2O. The second-order valence-electron chi connectivity index (χ2n) is 4.39. The van der Waals surface area contributed by atoms with Crippen molar-refractivity contribution in [2.75, 3.05) is 0 Å². The van der Waals surface area contributed by atoms with Crippen molar-refractivity contribution in [1.29, 1.82) is 0 Å². The highest BCUT2D eigenvalue weighted by molar-refractivity contribution is 9.10. The van der Waals surface area contributed by atoms with E-state index in [-0.39, 0.29) is 0 Å². The SMILES string of the molecule is Cc1ccc(OCc2cnc3cccc(Br)n23)cc1. The van der Waals surface area contributed by atoms with E-state index in [4.69, 9.17) is 4.74 Å². The van der Waals surface area contributed by atoms with Gasteiger partial charge < -0.3 is 4.74 Å². The van der Waals surface area contributed by atoms with E-state index in [0.29, 0.717) is 6.61 Å². The van der Waals surface area contributed by atoms with Crippen LogP contribution in [0.5, 0.6) is 5.75 Å². The second-order valence-corrected chi connectivity index (χ2v) is 5.21. The summed E-state index contributed by atoms with van der Waals surface area (Å²) in [5, 5.41) is 0. The molecule has 4 heteroatoms. The highest BCUT2D eigenvalue weighted by atomic mass is 79.9. The Morgan fingerprint density at radius 1 is 1.16 bits per heavy atom. The Labute approximate surface area is 120 Å². The number of aromatic nitrogens is 2. The standard InChI is InChI=1S/C15H13BrN2O/c1-11-5-7-13(8-6-11)19-10-12-9-17-15-4-2-3-14(16)18(12)15/h2-9H,10H2,1H3. The minimum Gasteiger partial charge on any atom is -0.487 e. The zero-order chi connectivity index (χ0) is 13.2. The van der Waals surface area contributed by atoms with Crippen LogP contribution in [0.3, 0.4) is 0 Å². The topological polar surface area (TPSA) is 26.5 Å². The van der Waals surface area contributed by atoms with Crippen LogP contribution in [0.4, 0.5) is 0 Å². The number of rotatable bonds is 3. The maximum Gasteiger partial charge on any atom is 0.137 e. The van der Waals surface area contributed by atoms with Gasteiger partial charge >= 0.3 is 0 Å². The fourth-order valence-electron chi connectivity index (χ4n) is 1.95. The Morgan fingerprint density at radius 3 is 2.74 bits per heavy atom. The monoisotopic (exact) mass is 316 g/mol. The van der Waals surface area contributed by atoms with E-state index in [0.717, 1.165) is 21.7 Å². The number of imidazole rings is 1. The van der Waals surface area contributed by atoms with Gasteiger partial charge in [-0.15, -0.1) is 0 Å². The average Bonchev–Trinajstić information content (AvgIpc) is 2.83. The van der Waals surface area contributed by atoms with Crippen LogP contribution in [0, 0.1) is 6.92 Å². The van der Waals surface area contributed by atoms with Crippen molar-refractivity contribution in [1.82, 2.24) is 9.38 Å². The largest absolute Gasteiger partial charge is 0.487 e. The third-order valence-corrected chi connectivity index (χ3v) is 3.58. The molecule has 0 bridgehead atoms. The Bertz CT molecular complexity index is 704. The van der Waals surface area contributed by atoms with Gasteiger partial charge in [0.2, 0.25) is 0 Å². The first kappa shape index (κ1) is 12.2. The van der Waals surface area contributed by atoms with E-state index in [1.165, 1.54) is 5.56 Å². The fourth-order valence-corrected chi connectivity index (χ4v) is 2.51. The molecule has 0 fully saturated rings. The lowest BCUT2D eigenvalue weighted by Gasteiger charge is -2.07. The van der Waals surface area contributed by atoms with Crippen molar-refractivity contribution >= 4 is 21.6 Å². The number of halogens is 1. The zero-order valence-corrected chi connectivity index (χ0v) is 12.1. The number of hydrogen-bond donors (Lipinski definition) is 0. The van der Waals surface area contributed by atoms with E-state index in [9.17, 15) is 0 Å². The number of aryl methyl sites for hydroxylation is 1. The summed E-state index contributed by atoms with van der Waals surface area (Å²) in [6, 6.07) is 14.0. The van der Waals surface area contributed by atoms with Crippen molar-refractivity contribution in [2.24, 2.45) is 0 Å². The molecule has 0 amide bonds. The molecule has 0 N–H and O–H groups in total. The molecule has 0 aliphatic heterocycles. The molecule has 2 aromatic heterocycles. The smallest absolute Gasteiger partial charge is 0.137 e. The Balaban J connectivity index is 1.84. The Kier molecular flexibility index (Phi) is 3.25. The Hall–Kier alpha value is -1.81. The van der Waals surface area contributed by atoms with Crippen molar-refractivity contribution in [3.05, 3.63) is 64.5 Å². The van der Waals surface area contributed by atoms with E-state index < -0.39 is 0 Å². The maximum absolute atomic E-state index is 5.79. The van der Waals surface area contributed by atoms with Crippen molar-refractivity contribution in [3.8, 4) is 5.75 Å². The predicted molar refractivity (Wildman–Crippen MR) is 78.4 cm³/mol. The van der Waals surface area contributed by atoms with E-state index in [2.05, 4.69) is 27.8 Å². The minimum atomic E-state index is 0.493. The van der Waals surface area contributed by atoms with Gasteiger partial charge in [0.05, 0.1) is 16.5 Å². The third kappa shape index (κ3) is 2.49. The first-order chi connectivity index (χ1) is 9.24. The summed E-state index contributed by atoms with van der Waals surface area (Å²) in [5.74, 6) is 0.868. The van der Waals surface area contributed by atoms with Crippen molar-refractivity contribution < 1.29 is 4.74 Å². The molecule has 0 aliphatic rings. The van der Waals surface area contributed by atoms with Gasteiger partial charge in [-0.2, -0.15) is 0 Å². The summed E-state index contributed by atoms with van der Waals surface area (Å²) < 4.78 is 8.80. The van der Waals surface area contributed by atoms with Gasteiger partial charge in [0.1, 0.15) is 18.0 Å². The summed E-state index contributed by atoms with van der Waals surface area (Å²) >= 11 is 3.53. The van der Waals surface area contributed by atoms with Crippen LogP contribution in [0.1, 0.15) is 11.3 Å². The van der Waals surface area contributed by atoms with Crippen LogP contribution in [-0.4, -0.2) is 9.38 Å². The lowest BCUT2D eigenvalue weighted by atomic mass is 10.2. The first-order valence-corrected chi connectivity index (χ1v) is 6.84. The van der Waals surface area contributed by atoms with Gasteiger partial charge in [0.25, 0.3) is 0 Å². The summed E-state index contributed by atoms with van der Waals surface area (Å²) in [4.78, 5) is 4.36. The molecule has 0 radical (unpaired) electrons. The number of benzene rings is 1.